The molecule has 0 aliphatic rings. The molecule has 0 saturated heterocycles. The molecule has 1 N–H and O–H groups in total. The van der Waals surface area contributed by atoms with Gasteiger partial charge in [-0.15, -0.1) is 0 Å². The molecule has 0 aromatic heterocycles. The fourth-order valence-electron chi connectivity index (χ4n) is 1.88. The highest BCUT2D eigenvalue weighted by atomic mass is 16.5. The van der Waals surface area contributed by atoms with Crippen LogP contribution in [0.3, 0.4) is 0 Å². The molecule has 0 spiro atoms. The number of nitrogens with one attached hydrogen (secondary N) is 1. The Morgan fingerprint density at radius 2 is 1.94 bits per heavy atom. The summed E-state index contributed by atoms with van der Waals surface area (Å²) in [5, 5.41) is 3.55. The summed E-state index contributed by atoms with van der Waals surface area (Å²) >= 11 is 0. The first-order valence-corrected chi connectivity index (χ1v) is 6.06. The smallest absolute Gasteiger partial charge is 0.141 e. The molecular formula is C14H23NO. The molecule has 0 bridgehead atoms. The summed E-state index contributed by atoms with van der Waals surface area (Å²) in [5.74, 6) is 1.64. The Morgan fingerprint density at radius 1 is 1.25 bits per heavy atom. The van der Waals surface area contributed by atoms with Gasteiger partial charge in [-0.25, -0.2) is 0 Å². The number of rotatable bonds is 6. The molecule has 0 radical (unpaired) electrons. The van der Waals surface area contributed by atoms with E-state index in [4.69, 9.17) is 4.74 Å². The number of hydrogen-bond donors (Lipinski definition) is 1. The highest BCUT2D eigenvalue weighted by molar-refractivity contribution is 5.56. The monoisotopic (exact) mass is 221 g/mol. The van der Waals surface area contributed by atoms with E-state index in [1.54, 1.807) is 7.11 Å². The van der Waals surface area contributed by atoms with Gasteiger partial charge >= 0.3 is 0 Å². The minimum absolute atomic E-state index is 0.524. The molecule has 1 rings (SSSR count). The molecule has 16 heavy (non-hydrogen) atoms. The van der Waals surface area contributed by atoms with Crippen molar-refractivity contribution in [2.24, 2.45) is 5.92 Å². The van der Waals surface area contributed by atoms with E-state index in [0.29, 0.717) is 12.0 Å². The second-order valence-corrected chi connectivity index (χ2v) is 4.58. The summed E-state index contributed by atoms with van der Waals surface area (Å²) in [6, 6.07) is 8.61. The minimum Gasteiger partial charge on any atom is -0.495 e. The Labute approximate surface area is 99.0 Å². The summed E-state index contributed by atoms with van der Waals surface area (Å²) in [5.41, 5.74) is 1.09. The highest BCUT2D eigenvalue weighted by Crippen LogP contribution is 2.25. The number of ether oxygens (including phenoxy) is 1. The van der Waals surface area contributed by atoms with Crippen LogP contribution in [-0.2, 0) is 0 Å². The van der Waals surface area contributed by atoms with Crippen LogP contribution in [0.4, 0.5) is 5.69 Å². The van der Waals surface area contributed by atoms with Gasteiger partial charge in [0.15, 0.2) is 0 Å². The van der Waals surface area contributed by atoms with E-state index >= 15 is 0 Å². The van der Waals surface area contributed by atoms with Gasteiger partial charge in [0.1, 0.15) is 5.75 Å². The average molecular weight is 221 g/mol. The second kappa shape index (κ2) is 6.41. The molecule has 0 fully saturated rings. The molecule has 1 atom stereocenters. The van der Waals surface area contributed by atoms with Crippen molar-refractivity contribution in [3.63, 3.8) is 0 Å². The maximum atomic E-state index is 5.33. The molecule has 2 heteroatoms. The van der Waals surface area contributed by atoms with Crippen LogP contribution in [0.15, 0.2) is 24.3 Å². The molecule has 0 aliphatic carbocycles. The first kappa shape index (κ1) is 12.9. The van der Waals surface area contributed by atoms with Crippen molar-refractivity contribution in [3.05, 3.63) is 24.3 Å². The third-order valence-electron chi connectivity index (χ3n) is 2.72. The van der Waals surface area contributed by atoms with Crippen molar-refractivity contribution in [1.29, 1.82) is 0 Å². The van der Waals surface area contributed by atoms with Crippen molar-refractivity contribution >= 4 is 5.69 Å². The van der Waals surface area contributed by atoms with E-state index in [0.717, 1.165) is 17.9 Å². The zero-order valence-electron chi connectivity index (χ0n) is 10.8. The van der Waals surface area contributed by atoms with Crippen molar-refractivity contribution in [1.82, 2.24) is 0 Å². The average Bonchev–Trinajstić information content (AvgIpc) is 2.28. The van der Waals surface area contributed by atoms with Crippen LogP contribution >= 0.6 is 0 Å². The topological polar surface area (TPSA) is 21.3 Å². The lowest BCUT2D eigenvalue weighted by Gasteiger charge is -2.21. The number of benzene rings is 1. The molecule has 1 aromatic rings. The molecule has 0 heterocycles. The van der Waals surface area contributed by atoms with E-state index in [-0.39, 0.29) is 0 Å². The van der Waals surface area contributed by atoms with E-state index in [9.17, 15) is 0 Å². The predicted molar refractivity (Wildman–Crippen MR) is 70.2 cm³/mol. The molecule has 1 aromatic carbocycles. The van der Waals surface area contributed by atoms with Crippen LogP contribution in [0, 0.1) is 5.92 Å². The summed E-state index contributed by atoms with van der Waals surface area (Å²) in [7, 11) is 1.71. The first-order chi connectivity index (χ1) is 7.67. The molecule has 0 saturated carbocycles. The van der Waals surface area contributed by atoms with E-state index in [1.807, 2.05) is 18.2 Å². The van der Waals surface area contributed by atoms with Gasteiger partial charge in [-0.05, 0) is 30.9 Å². The largest absolute Gasteiger partial charge is 0.495 e. The maximum absolute atomic E-state index is 5.33. The molecule has 2 nitrogen and oxygen atoms in total. The van der Waals surface area contributed by atoms with Crippen molar-refractivity contribution in [3.8, 4) is 5.75 Å². The van der Waals surface area contributed by atoms with Crippen LogP contribution < -0.4 is 10.1 Å². The summed E-state index contributed by atoms with van der Waals surface area (Å²) in [6.45, 7) is 6.73. The predicted octanol–water partition coefficient (Wildman–Crippen LogP) is 3.93. The molecule has 90 valence electrons. The quantitative estimate of drug-likeness (QED) is 0.785. The van der Waals surface area contributed by atoms with Crippen LogP contribution in [-0.4, -0.2) is 13.2 Å². The Balaban J connectivity index is 2.69. The van der Waals surface area contributed by atoms with Gasteiger partial charge in [0.05, 0.1) is 12.8 Å². The zero-order valence-corrected chi connectivity index (χ0v) is 10.8. The summed E-state index contributed by atoms with van der Waals surface area (Å²) in [4.78, 5) is 0. The zero-order chi connectivity index (χ0) is 12.0. The normalized spacial score (nSPS) is 12.6. The number of anilines is 1. The van der Waals surface area contributed by atoms with E-state index < -0.39 is 0 Å². The van der Waals surface area contributed by atoms with Gasteiger partial charge in [-0.1, -0.05) is 32.9 Å². The lowest BCUT2D eigenvalue weighted by Crippen LogP contribution is -2.20. The van der Waals surface area contributed by atoms with Crippen molar-refractivity contribution in [2.45, 2.75) is 39.7 Å². The van der Waals surface area contributed by atoms with E-state index in [2.05, 4.69) is 32.2 Å². The number of hydrogen-bond acceptors (Lipinski definition) is 2. The Bertz CT molecular complexity index is 309. The van der Waals surface area contributed by atoms with Crippen molar-refractivity contribution in [2.75, 3.05) is 12.4 Å². The third kappa shape index (κ3) is 3.76. The fourth-order valence-corrected chi connectivity index (χ4v) is 1.88. The number of para-hydroxylation sites is 2. The number of methoxy groups -OCH3 is 1. The maximum Gasteiger partial charge on any atom is 0.141 e. The van der Waals surface area contributed by atoms with Gasteiger partial charge in [-0.3, -0.25) is 0 Å². The standard InChI is InChI=1S/C14H23NO/c1-5-12(10-11(2)3)15-13-8-6-7-9-14(13)16-4/h6-9,11-12,15H,5,10H2,1-4H3/t12-/m0/s1. The minimum atomic E-state index is 0.524. The van der Waals surface area contributed by atoms with E-state index in [1.165, 1.54) is 6.42 Å². The molecule has 0 aliphatic heterocycles. The van der Waals surface area contributed by atoms with Gasteiger partial charge in [0.2, 0.25) is 0 Å². The molecule has 0 unspecified atom stereocenters. The van der Waals surface area contributed by atoms with Gasteiger partial charge in [-0.2, -0.15) is 0 Å². The van der Waals surface area contributed by atoms with Crippen LogP contribution in [0.1, 0.15) is 33.6 Å². The lowest BCUT2D eigenvalue weighted by molar-refractivity contribution is 0.414. The third-order valence-corrected chi connectivity index (χ3v) is 2.72. The van der Waals surface area contributed by atoms with Crippen LogP contribution in [0.25, 0.3) is 0 Å². The van der Waals surface area contributed by atoms with Crippen molar-refractivity contribution < 1.29 is 4.74 Å². The Morgan fingerprint density at radius 3 is 2.50 bits per heavy atom. The molecule has 0 amide bonds. The van der Waals surface area contributed by atoms with Gasteiger partial charge < -0.3 is 10.1 Å². The Kier molecular flexibility index (Phi) is 5.17. The fraction of sp³-hybridized carbons (Fsp3) is 0.571. The Hall–Kier alpha value is -1.18. The summed E-state index contributed by atoms with van der Waals surface area (Å²) in [6.07, 6.45) is 2.32. The lowest BCUT2D eigenvalue weighted by atomic mass is 10.0. The van der Waals surface area contributed by atoms with Gasteiger partial charge in [0, 0.05) is 6.04 Å². The first-order valence-electron chi connectivity index (χ1n) is 6.06. The van der Waals surface area contributed by atoms with Gasteiger partial charge in [0.25, 0.3) is 0 Å². The molecular weight excluding hydrogens is 198 g/mol. The highest BCUT2D eigenvalue weighted by Gasteiger charge is 2.10. The SMILES string of the molecule is CC[C@@H](CC(C)C)Nc1ccccc1OC. The summed E-state index contributed by atoms with van der Waals surface area (Å²) < 4.78 is 5.33. The van der Waals surface area contributed by atoms with Crippen LogP contribution in [0.5, 0.6) is 5.75 Å². The van der Waals surface area contributed by atoms with Crippen LogP contribution in [0.2, 0.25) is 0 Å². The second-order valence-electron chi connectivity index (χ2n) is 4.58.